The molecule has 4 rings (SSSR count). The number of nitrogens with one attached hydrogen (secondary N) is 1. The third-order valence-corrected chi connectivity index (χ3v) is 4.52. The van der Waals surface area contributed by atoms with Crippen molar-refractivity contribution in [2.75, 3.05) is 5.32 Å². The number of ether oxygens (including phenoxy) is 1. The molecule has 1 amide bonds. The number of carbonyl (C=O) groups excluding carboxylic acids is 2. The van der Waals surface area contributed by atoms with Gasteiger partial charge in [-0.2, -0.15) is 0 Å². The van der Waals surface area contributed by atoms with E-state index in [2.05, 4.69) is 15.3 Å². The van der Waals surface area contributed by atoms with Crippen molar-refractivity contribution in [3.63, 3.8) is 0 Å². The van der Waals surface area contributed by atoms with Crippen molar-refractivity contribution in [1.29, 1.82) is 0 Å². The van der Waals surface area contributed by atoms with Crippen molar-refractivity contribution in [2.24, 2.45) is 0 Å². The van der Waals surface area contributed by atoms with E-state index in [1.165, 1.54) is 0 Å². The molecular weight excluding hydrogens is 378 g/mol. The normalized spacial score (nSPS) is 10.5. The van der Waals surface area contributed by atoms with Crippen LogP contribution in [-0.4, -0.2) is 21.7 Å². The lowest BCUT2D eigenvalue weighted by Gasteiger charge is -2.09. The SMILES string of the molecule is O=C(CCC(=O)c1nccc2ccccc12)Nc1cccc(Oc2ccncc2)c1. The Morgan fingerprint density at radius 1 is 0.833 bits per heavy atom. The number of Topliss-reactive ketones (excluding diaryl/α,β-unsaturated/α-hetero) is 1. The average Bonchev–Trinajstić information content (AvgIpc) is 2.78. The number of anilines is 1. The first-order chi connectivity index (χ1) is 14.7. The third-order valence-electron chi connectivity index (χ3n) is 4.52. The number of nitrogens with zero attached hydrogens (tertiary/aromatic N) is 2. The van der Waals surface area contributed by atoms with Gasteiger partial charge in [-0.1, -0.05) is 30.3 Å². The number of carbonyl (C=O) groups is 2. The van der Waals surface area contributed by atoms with Crippen LogP contribution in [0, 0.1) is 0 Å². The molecule has 6 heteroatoms. The van der Waals surface area contributed by atoms with Gasteiger partial charge in [-0.15, -0.1) is 0 Å². The van der Waals surface area contributed by atoms with Crippen molar-refractivity contribution >= 4 is 28.2 Å². The maximum absolute atomic E-state index is 12.6. The number of amides is 1. The fourth-order valence-electron chi connectivity index (χ4n) is 3.09. The van der Waals surface area contributed by atoms with Crippen LogP contribution in [-0.2, 0) is 4.79 Å². The van der Waals surface area contributed by atoms with Crippen LogP contribution < -0.4 is 10.1 Å². The molecule has 2 aromatic heterocycles. The van der Waals surface area contributed by atoms with Gasteiger partial charge >= 0.3 is 0 Å². The number of hydrogen-bond acceptors (Lipinski definition) is 5. The zero-order valence-corrected chi connectivity index (χ0v) is 16.1. The molecule has 0 aliphatic heterocycles. The zero-order chi connectivity index (χ0) is 20.8. The topological polar surface area (TPSA) is 81.2 Å². The maximum atomic E-state index is 12.6. The molecule has 2 heterocycles. The Morgan fingerprint density at radius 3 is 2.53 bits per heavy atom. The summed E-state index contributed by atoms with van der Waals surface area (Å²) in [6.45, 7) is 0. The summed E-state index contributed by atoms with van der Waals surface area (Å²) in [6.07, 6.45) is 5.05. The second-order valence-electron chi connectivity index (χ2n) is 6.66. The molecule has 6 nitrogen and oxygen atoms in total. The minimum Gasteiger partial charge on any atom is -0.457 e. The van der Waals surface area contributed by atoms with Gasteiger partial charge in [-0.25, -0.2) is 0 Å². The Labute approximate surface area is 173 Å². The molecule has 0 aliphatic carbocycles. The number of hydrogen-bond donors (Lipinski definition) is 1. The average molecular weight is 397 g/mol. The Bertz CT molecular complexity index is 1190. The van der Waals surface area contributed by atoms with E-state index in [0.29, 0.717) is 22.9 Å². The minimum absolute atomic E-state index is 0.0686. The number of ketones is 1. The Hall–Kier alpha value is -4.06. The first kappa shape index (κ1) is 19.3. The smallest absolute Gasteiger partial charge is 0.224 e. The second-order valence-corrected chi connectivity index (χ2v) is 6.66. The Morgan fingerprint density at radius 2 is 1.67 bits per heavy atom. The monoisotopic (exact) mass is 397 g/mol. The molecule has 4 aromatic rings. The zero-order valence-electron chi connectivity index (χ0n) is 16.1. The molecule has 0 aliphatic rings. The van der Waals surface area contributed by atoms with Crippen molar-refractivity contribution < 1.29 is 14.3 Å². The van der Waals surface area contributed by atoms with E-state index in [1.807, 2.05) is 30.3 Å². The molecule has 148 valence electrons. The third kappa shape index (κ3) is 4.67. The number of rotatable bonds is 7. The number of fused-ring (bicyclic) bond motifs is 1. The summed E-state index contributed by atoms with van der Waals surface area (Å²) >= 11 is 0. The number of pyridine rings is 2. The van der Waals surface area contributed by atoms with E-state index in [9.17, 15) is 9.59 Å². The van der Waals surface area contributed by atoms with Crippen LogP contribution >= 0.6 is 0 Å². The van der Waals surface area contributed by atoms with Crippen LogP contribution in [0.4, 0.5) is 5.69 Å². The Balaban J connectivity index is 1.37. The van der Waals surface area contributed by atoms with E-state index >= 15 is 0 Å². The summed E-state index contributed by atoms with van der Waals surface area (Å²) in [5.41, 5.74) is 0.996. The predicted molar refractivity (Wildman–Crippen MR) is 115 cm³/mol. The predicted octanol–water partition coefficient (Wildman–Crippen LogP) is 5.02. The van der Waals surface area contributed by atoms with E-state index in [1.54, 1.807) is 55.0 Å². The molecule has 0 bridgehead atoms. The maximum Gasteiger partial charge on any atom is 0.224 e. The summed E-state index contributed by atoms with van der Waals surface area (Å²) in [4.78, 5) is 33.1. The van der Waals surface area contributed by atoms with Crippen molar-refractivity contribution in [2.45, 2.75) is 12.8 Å². The fraction of sp³-hybridized carbons (Fsp3) is 0.0833. The van der Waals surface area contributed by atoms with Gasteiger partial charge in [0.1, 0.15) is 17.2 Å². The molecule has 0 saturated carbocycles. The highest BCUT2D eigenvalue weighted by Gasteiger charge is 2.14. The second kappa shape index (κ2) is 8.96. The first-order valence-corrected chi connectivity index (χ1v) is 9.54. The van der Waals surface area contributed by atoms with Gasteiger partial charge in [0.15, 0.2) is 5.78 Å². The van der Waals surface area contributed by atoms with Gasteiger partial charge < -0.3 is 10.1 Å². The molecule has 0 radical (unpaired) electrons. The lowest BCUT2D eigenvalue weighted by atomic mass is 10.0. The number of aromatic nitrogens is 2. The van der Waals surface area contributed by atoms with Gasteiger partial charge in [0, 0.05) is 48.6 Å². The van der Waals surface area contributed by atoms with Crippen LogP contribution in [0.2, 0.25) is 0 Å². The van der Waals surface area contributed by atoms with Crippen molar-refractivity contribution in [3.05, 3.63) is 91.0 Å². The molecule has 0 saturated heterocycles. The minimum atomic E-state index is -0.246. The lowest BCUT2D eigenvalue weighted by Crippen LogP contribution is -2.14. The molecule has 0 unspecified atom stereocenters. The van der Waals surface area contributed by atoms with Crippen LogP contribution in [0.3, 0.4) is 0 Å². The highest BCUT2D eigenvalue weighted by Crippen LogP contribution is 2.24. The molecule has 2 aromatic carbocycles. The van der Waals surface area contributed by atoms with E-state index < -0.39 is 0 Å². The highest BCUT2D eigenvalue weighted by atomic mass is 16.5. The molecule has 0 fully saturated rings. The standard InChI is InChI=1S/C24H19N3O3/c28-22(24-21-7-2-1-4-17(21)10-15-26-24)8-9-23(29)27-18-5-3-6-20(16-18)30-19-11-13-25-14-12-19/h1-7,10-16H,8-9H2,(H,27,29). The molecule has 1 N–H and O–H groups in total. The van der Waals surface area contributed by atoms with Gasteiger partial charge in [0.05, 0.1) is 0 Å². The van der Waals surface area contributed by atoms with Gasteiger partial charge in [0.25, 0.3) is 0 Å². The largest absolute Gasteiger partial charge is 0.457 e. The summed E-state index contributed by atoms with van der Waals surface area (Å²) in [6, 6.07) is 20.0. The summed E-state index contributed by atoms with van der Waals surface area (Å²) in [7, 11) is 0. The molecule has 0 spiro atoms. The first-order valence-electron chi connectivity index (χ1n) is 9.54. The summed E-state index contributed by atoms with van der Waals surface area (Å²) in [5.74, 6) is 0.845. The van der Waals surface area contributed by atoms with Crippen molar-refractivity contribution in [1.82, 2.24) is 9.97 Å². The van der Waals surface area contributed by atoms with Gasteiger partial charge in [-0.05, 0) is 35.7 Å². The fourth-order valence-corrected chi connectivity index (χ4v) is 3.09. The summed E-state index contributed by atoms with van der Waals surface area (Å²) < 4.78 is 5.74. The van der Waals surface area contributed by atoms with Crippen LogP contribution in [0.15, 0.2) is 85.3 Å². The van der Waals surface area contributed by atoms with Gasteiger partial charge in [0.2, 0.25) is 5.91 Å². The van der Waals surface area contributed by atoms with E-state index in [0.717, 1.165) is 10.8 Å². The van der Waals surface area contributed by atoms with E-state index in [4.69, 9.17) is 4.74 Å². The highest BCUT2D eigenvalue weighted by molar-refractivity contribution is 6.07. The summed E-state index contributed by atoms with van der Waals surface area (Å²) in [5, 5.41) is 4.56. The van der Waals surface area contributed by atoms with Crippen LogP contribution in [0.1, 0.15) is 23.3 Å². The molecule has 0 atom stereocenters. The van der Waals surface area contributed by atoms with E-state index in [-0.39, 0.29) is 24.5 Å². The van der Waals surface area contributed by atoms with Crippen molar-refractivity contribution in [3.8, 4) is 11.5 Å². The van der Waals surface area contributed by atoms with Crippen LogP contribution in [0.5, 0.6) is 11.5 Å². The molecular formula is C24H19N3O3. The Kier molecular flexibility index (Phi) is 5.75. The number of benzene rings is 2. The quantitative estimate of drug-likeness (QED) is 0.443. The molecule has 30 heavy (non-hydrogen) atoms. The lowest BCUT2D eigenvalue weighted by molar-refractivity contribution is -0.116. The van der Waals surface area contributed by atoms with Gasteiger partial charge in [-0.3, -0.25) is 19.6 Å². The van der Waals surface area contributed by atoms with Crippen LogP contribution in [0.25, 0.3) is 10.8 Å².